The zero-order valence-electron chi connectivity index (χ0n) is 13.8. The van der Waals surface area contributed by atoms with Gasteiger partial charge in [-0.1, -0.05) is 17.3 Å². The van der Waals surface area contributed by atoms with Crippen LogP contribution < -0.4 is 10.1 Å². The van der Waals surface area contributed by atoms with Crippen LogP contribution in [0.1, 0.15) is 24.4 Å². The summed E-state index contributed by atoms with van der Waals surface area (Å²) >= 11 is 0. The smallest absolute Gasteiger partial charge is 0.471 e. The molecule has 1 unspecified atom stereocenters. The summed E-state index contributed by atoms with van der Waals surface area (Å²) in [5, 5.41) is 6.39. The van der Waals surface area contributed by atoms with Crippen LogP contribution in [0.2, 0.25) is 0 Å². The van der Waals surface area contributed by atoms with E-state index in [-0.39, 0.29) is 17.4 Å². The van der Waals surface area contributed by atoms with Crippen molar-refractivity contribution in [1.82, 2.24) is 20.1 Å². The highest BCUT2D eigenvalue weighted by Crippen LogP contribution is 2.29. The van der Waals surface area contributed by atoms with Crippen LogP contribution in [0, 0.1) is 0 Å². The molecule has 0 aliphatic heterocycles. The molecule has 1 aromatic carbocycles. The van der Waals surface area contributed by atoms with Crippen LogP contribution in [0.15, 0.2) is 41.2 Å². The molecule has 0 saturated heterocycles. The SMILES string of the molecule is COc1ccc(C(C)Nc2ncc(-c3noc(C(F)(F)F)n3)cn2)cc1. The van der Waals surface area contributed by atoms with E-state index in [1.165, 1.54) is 12.4 Å². The first kappa shape index (κ1) is 17.6. The topological polar surface area (TPSA) is 86.0 Å². The molecule has 2 aromatic heterocycles. The average Bonchev–Trinajstić information content (AvgIpc) is 3.13. The molecule has 1 N–H and O–H groups in total. The first-order valence-electron chi connectivity index (χ1n) is 7.50. The van der Waals surface area contributed by atoms with Crippen LogP contribution >= 0.6 is 0 Å². The van der Waals surface area contributed by atoms with Gasteiger partial charge in [-0.3, -0.25) is 0 Å². The standard InChI is InChI=1S/C16H14F3N5O2/c1-9(10-3-5-12(25-2)6-4-10)22-15-20-7-11(8-21-15)13-23-14(26-24-13)16(17,18)19/h3-9H,1-2H3,(H,20,21,22). The quantitative estimate of drug-likeness (QED) is 0.737. The number of hydrogen-bond donors (Lipinski definition) is 1. The first-order valence-corrected chi connectivity index (χ1v) is 7.50. The second-order valence-electron chi connectivity index (χ2n) is 5.36. The third-order valence-electron chi connectivity index (χ3n) is 3.54. The van der Waals surface area contributed by atoms with Gasteiger partial charge in [0, 0.05) is 12.4 Å². The summed E-state index contributed by atoms with van der Waals surface area (Å²) in [6.45, 7) is 1.92. The van der Waals surface area contributed by atoms with Crippen molar-refractivity contribution in [2.75, 3.05) is 12.4 Å². The van der Waals surface area contributed by atoms with Crippen molar-refractivity contribution >= 4 is 5.95 Å². The van der Waals surface area contributed by atoms with Gasteiger partial charge in [0.05, 0.1) is 18.7 Å². The molecule has 0 bridgehead atoms. The normalized spacial score (nSPS) is 12.7. The Morgan fingerprint density at radius 2 is 1.77 bits per heavy atom. The number of rotatable bonds is 5. The number of ether oxygens (including phenoxy) is 1. The molecule has 0 amide bonds. The molecular weight excluding hydrogens is 351 g/mol. The summed E-state index contributed by atoms with van der Waals surface area (Å²) in [6.07, 6.45) is -2.05. The van der Waals surface area contributed by atoms with Crippen molar-refractivity contribution in [3.8, 4) is 17.1 Å². The second kappa shape index (κ2) is 6.98. The Kier molecular flexibility index (Phi) is 4.74. The van der Waals surface area contributed by atoms with Crippen molar-refractivity contribution in [3.63, 3.8) is 0 Å². The van der Waals surface area contributed by atoms with Crippen molar-refractivity contribution in [2.45, 2.75) is 19.1 Å². The minimum Gasteiger partial charge on any atom is -0.497 e. The molecule has 3 aromatic rings. The molecule has 26 heavy (non-hydrogen) atoms. The molecule has 0 aliphatic carbocycles. The predicted molar refractivity (Wildman–Crippen MR) is 85.4 cm³/mol. The Bertz CT molecular complexity index is 863. The number of benzene rings is 1. The molecule has 2 heterocycles. The largest absolute Gasteiger partial charge is 0.497 e. The molecule has 3 rings (SSSR count). The number of hydrogen-bond acceptors (Lipinski definition) is 7. The fourth-order valence-electron chi connectivity index (χ4n) is 2.14. The summed E-state index contributed by atoms with van der Waals surface area (Å²) in [5.74, 6) is -0.577. The first-order chi connectivity index (χ1) is 12.4. The predicted octanol–water partition coefficient (Wildman–Crippen LogP) is 3.73. The number of methoxy groups -OCH3 is 1. The third-order valence-corrected chi connectivity index (χ3v) is 3.54. The minimum atomic E-state index is -4.69. The van der Waals surface area contributed by atoms with Gasteiger partial charge in [-0.05, 0) is 24.6 Å². The van der Waals surface area contributed by atoms with Crippen LogP contribution in [0.4, 0.5) is 19.1 Å². The van der Waals surface area contributed by atoms with E-state index in [2.05, 4.69) is 29.9 Å². The van der Waals surface area contributed by atoms with E-state index >= 15 is 0 Å². The molecule has 7 nitrogen and oxygen atoms in total. The van der Waals surface area contributed by atoms with Gasteiger partial charge in [0.1, 0.15) is 5.75 Å². The maximum absolute atomic E-state index is 12.5. The Morgan fingerprint density at radius 1 is 1.12 bits per heavy atom. The highest BCUT2D eigenvalue weighted by atomic mass is 19.4. The average molecular weight is 365 g/mol. The Morgan fingerprint density at radius 3 is 2.31 bits per heavy atom. The zero-order valence-corrected chi connectivity index (χ0v) is 13.8. The molecular formula is C16H14F3N5O2. The van der Waals surface area contributed by atoms with Gasteiger partial charge in [0.25, 0.3) is 0 Å². The van der Waals surface area contributed by atoms with Gasteiger partial charge >= 0.3 is 12.1 Å². The summed E-state index contributed by atoms with van der Waals surface area (Å²) in [5.41, 5.74) is 1.21. The fourth-order valence-corrected chi connectivity index (χ4v) is 2.14. The van der Waals surface area contributed by atoms with Crippen LogP contribution in [-0.4, -0.2) is 27.2 Å². The number of alkyl halides is 3. The summed E-state index contributed by atoms with van der Waals surface area (Å²) in [4.78, 5) is 11.4. The van der Waals surface area contributed by atoms with Gasteiger partial charge in [-0.15, -0.1) is 0 Å². The molecule has 136 valence electrons. The monoisotopic (exact) mass is 365 g/mol. The second-order valence-corrected chi connectivity index (χ2v) is 5.36. The Balaban J connectivity index is 1.70. The summed E-state index contributed by atoms with van der Waals surface area (Å²) in [7, 11) is 1.59. The lowest BCUT2D eigenvalue weighted by atomic mass is 10.1. The van der Waals surface area contributed by atoms with Crippen LogP contribution in [0.3, 0.4) is 0 Å². The lowest BCUT2D eigenvalue weighted by molar-refractivity contribution is -0.159. The van der Waals surface area contributed by atoms with Gasteiger partial charge in [0.15, 0.2) is 0 Å². The van der Waals surface area contributed by atoms with E-state index in [4.69, 9.17) is 4.74 Å². The number of anilines is 1. The maximum atomic E-state index is 12.5. The van der Waals surface area contributed by atoms with Crippen molar-refractivity contribution in [1.29, 1.82) is 0 Å². The zero-order chi connectivity index (χ0) is 18.7. The van der Waals surface area contributed by atoms with Gasteiger partial charge < -0.3 is 14.6 Å². The van der Waals surface area contributed by atoms with Crippen LogP contribution in [0.5, 0.6) is 5.75 Å². The molecule has 0 saturated carbocycles. The molecule has 0 radical (unpaired) electrons. The lowest BCUT2D eigenvalue weighted by Gasteiger charge is -2.14. The lowest BCUT2D eigenvalue weighted by Crippen LogP contribution is -2.09. The fraction of sp³-hybridized carbons (Fsp3) is 0.250. The van der Waals surface area contributed by atoms with Gasteiger partial charge in [-0.2, -0.15) is 18.2 Å². The molecule has 10 heteroatoms. The number of nitrogens with zero attached hydrogens (tertiary/aromatic N) is 4. The van der Waals surface area contributed by atoms with E-state index in [9.17, 15) is 13.2 Å². The highest BCUT2D eigenvalue weighted by molar-refractivity contribution is 5.52. The van der Waals surface area contributed by atoms with Gasteiger partial charge in [0.2, 0.25) is 11.8 Å². The van der Waals surface area contributed by atoms with Gasteiger partial charge in [-0.25, -0.2) is 9.97 Å². The Hall–Kier alpha value is -3.17. The van der Waals surface area contributed by atoms with Crippen LogP contribution in [0.25, 0.3) is 11.4 Å². The number of aromatic nitrogens is 4. The van der Waals surface area contributed by atoms with E-state index in [0.717, 1.165) is 11.3 Å². The molecule has 0 spiro atoms. The minimum absolute atomic E-state index is 0.0891. The Labute approximate surface area is 146 Å². The van der Waals surface area contributed by atoms with E-state index in [1.54, 1.807) is 7.11 Å². The van der Waals surface area contributed by atoms with E-state index in [1.807, 2.05) is 31.2 Å². The van der Waals surface area contributed by atoms with Crippen LogP contribution in [-0.2, 0) is 6.18 Å². The van der Waals surface area contributed by atoms with Crippen molar-refractivity contribution in [2.24, 2.45) is 0 Å². The molecule has 0 fully saturated rings. The van der Waals surface area contributed by atoms with Crippen molar-refractivity contribution < 1.29 is 22.4 Å². The third kappa shape index (κ3) is 3.90. The number of nitrogens with one attached hydrogen (secondary N) is 1. The van der Waals surface area contributed by atoms with E-state index < -0.39 is 12.1 Å². The van der Waals surface area contributed by atoms with Crippen molar-refractivity contribution in [3.05, 3.63) is 48.1 Å². The molecule has 0 aliphatic rings. The molecule has 1 atom stereocenters. The van der Waals surface area contributed by atoms with E-state index in [0.29, 0.717) is 5.95 Å². The number of halogens is 3. The summed E-state index contributed by atoms with van der Waals surface area (Å²) < 4.78 is 46.8. The maximum Gasteiger partial charge on any atom is 0.471 e. The summed E-state index contributed by atoms with van der Waals surface area (Å²) in [6, 6.07) is 7.40. The highest BCUT2D eigenvalue weighted by Gasteiger charge is 2.38.